The second-order valence-electron chi connectivity index (χ2n) is 12.7. The van der Waals surface area contributed by atoms with Crippen LogP contribution in [0.15, 0.2) is 0 Å². The summed E-state index contributed by atoms with van der Waals surface area (Å²) in [6.45, 7) is 17.9. The van der Waals surface area contributed by atoms with Crippen LogP contribution in [-0.2, 0) is 32.0 Å². The van der Waals surface area contributed by atoms with Gasteiger partial charge in [-0.25, -0.2) is 10.2 Å². The molecule has 0 saturated carbocycles. The smallest absolute Gasteiger partial charge is 0.192 e. The maximum Gasteiger partial charge on any atom is 0.192 e. The van der Waals surface area contributed by atoms with Crippen molar-refractivity contribution in [2.45, 2.75) is 115 Å². The van der Waals surface area contributed by atoms with Crippen molar-refractivity contribution in [2.75, 3.05) is 26.4 Å². The molecule has 0 aromatic heterocycles. The fraction of sp³-hybridized carbons (Fsp3) is 0.852. The molecule has 0 aromatic rings. The Balaban J connectivity index is 1.99. The van der Waals surface area contributed by atoms with Gasteiger partial charge in [0.2, 0.25) is 0 Å². The first-order chi connectivity index (χ1) is 19.0. The Hall–Kier alpha value is -0.563. The maximum absolute atomic E-state index is 9.16. The summed E-state index contributed by atoms with van der Waals surface area (Å²) in [5, 5.41) is 25.4. The molecule has 3 fully saturated rings. The van der Waals surface area contributed by atoms with Crippen molar-refractivity contribution in [3.05, 3.63) is 0 Å². The summed E-state index contributed by atoms with van der Waals surface area (Å²) in [6.07, 6.45) is 7.78. The molecule has 3 saturated heterocycles. The molecule has 0 aromatic carbocycles. The zero-order valence-electron chi connectivity index (χ0n) is 25.9. The zero-order chi connectivity index (χ0) is 30.6. The van der Waals surface area contributed by atoms with E-state index in [1.165, 1.54) is 0 Å². The third-order valence-electron chi connectivity index (χ3n) is 8.55. The molecule has 3 aliphatic heterocycles. The number of fused-ring (bicyclic) bond motifs is 2. The van der Waals surface area contributed by atoms with Gasteiger partial charge in [0.15, 0.2) is 23.3 Å². The van der Waals surface area contributed by atoms with Gasteiger partial charge < -0.3 is 32.0 Å². The van der Waals surface area contributed by atoms with E-state index in [0.717, 1.165) is 0 Å². The summed E-state index contributed by atoms with van der Waals surface area (Å²) in [4.78, 5) is 0. The Labute approximate surface area is 248 Å². The molecule has 4 unspecified atom stereocenters. The number of nitrogens with zero attached hydrogens (tertiary/aromatic N) is 2. The maximum atomic E-state index is 9.16. The molecule has 10 atom stereocenters. The van der Waals surface area contributed by atoms with E-state index >= 15 is 0 Å². The number of hydrogen-bond donors (Lipinski definition) is 2. The molecule has 3 aliphatic rings. The van der Waals surface area contributed by atoms with E-state index in [2.05, 4.69) is 75.7 Å². The zero-order valence-corrected chi connectivity index (χ0v) is 28.7. The Bertz CT molecular complexity index is 1080. The van der Waals surface area contributed by atoms with E-state index in [4.69, 9.17) is 42.5 Å². The molecule has 14 heteroatoms. The highest BCUT2D eigenvalue weighted by molar-refractivity contribution is 7.62. The van der Waals surface area contributed by atoms with Crippen molar-refractivity contribution in [1.29, 1.82) is 10.5 Å². The van der Waals surface area contributed by atoms with Gasteiger partial charge >= 0.3 is 0 Å². The Morgan fingerprint density at radius 3 is 1.80 bits per heavy atom. The summed E-state index contributed by atoms with van der Waals surface area (Å²) in [5.41, 5.74) is 0. The third-order valence-corrected chi connectivity index (χ3v) is 16.7. The average molecular weight is 633 g/mol. The predicted molar refractivity (Wildman–Crippen MR) is 166 cm³/mol. The Morgan fingerprint density at radius 2 is 1.32 bits per heavy atom. The van der Waals surface area contributed by atoms with Crippen LogP contribution in [0, 0.1) is 28.6 Å². The summed E-state index contributed by atoms with van der Waals surface area (Å²) in [7, 11) is -8.05. The predicted octanol–water partition coefficient (Wildman–Crippen LogP) is 4.80. The summed E-state index contributed by atoms with van der Waals surface area (Å²) in [5.74, 6) is 0.110. The number of rotatable bonds is 8. The van der Waals surface area contributed by atoms with Crippen molar-refractivity contribution >= 4 is 35.9 Å². The van der Waals surface area contributed by atoms with Gasteiger partial charge in [0.1, 0.15) is 6.10 Å². The Kier molecular flexibility index (Phi) is 12.0. The lowest BCUT2D eigenvalue weighted by Crippen LogP contribution is -2.53. The van der Waals surface area contributed by atoms with E-state index < -0.39 is 29.4 Å². The van der Waals surface area contributed by atoms with Crippen LogP contribution >= 0.6 is 15.0 Å². The standard InChI is InChI=1S/C27H50N4O7P2Si/c1-19-20(2)36-22-17-34-40(8,33-16-12-14-29)31-25-23(18-35-39(7,30-24(19)22)32-15-11-13-28)37-21(3)26(25)38-41(9,10)27(4,5)6/h19-26,30-31H,7-8,11-12,15-18H2,1-6,9-10H3/t19?,20-,21-,22+,23+,24+,25-,26?,39?,40?/m0/s1. The van der Waals surface area contributed by atoms with Crippen molar-refractivity contribution in [3.63, 3.8) is 0 Å². The topological polar surface area (TPSA) is 136 Å². The van der Waals surface area contributed by atoms with Gasteiger partial charge in [0.05, 0.1) is 81.9 Å². The minimum Gasteiger partial charge on any atom is -0.410 e. The minimum absolute atomic E-state index is 0.0160. The fourth-order valence-electron chi connectivity index (χ4n) is 4.93. The van der Waals surface area contributed by atoms with E-state index in [0.29, 0.717) is 0 Å². The highest BCUT2D eigenvalue weighted by Gasteiger charge is 2.51. The van der Waals surface area contributed by atoms with Crippen molar-refractivity contribution < 1.29 is 32.0 Å². The molecule has 0 amide bonds. The van der Waals surface area contributed by atoms with E-state index in [9.17, 15) is 0 Å². The van der Waals surface area contributed by atoms with Crippen LogP contribution in [0.5, 0.6) is 0 Å². The third kappa shape index (κ3) is 8.76. The average Bonchev–Trinajstić information content (AvgIpc) is 3.30. The van der Waals surface area contributed by atoms with E-state index in [-0.39, 0.29) is 86.7 Å². The lowest BCUT2D eigenvalue weighted by Gasteiger charge is -2.42. The van der Waals surface area contributed by atoms with Crippen LogP contribution in [-0.4, -0.2) is 89.9 Å². The monoisotopic (exact) mass is 632 g/mol. The van der Waals surface area contributed by atoms with Gasteiger partial charge in [-0.1, -0.05) is 27.7 Å². The number of nitrogens with one attached hydrogen (secondary N) is 2. The quantitative estimate of drug-likeness (QED) is 0.217. The van der Waals surface area contributed by atoms with Crippen LogP contribution < -0.4 is 10.2 Å². The first-order valence-electron chi connectivity index (χ1n) is 14.4. The lowest BCUT2D eigenvalue weighted by atomic mass is 9.98. The van der Waals surface area contributed by atoms with Gasteiger partial charge in [0, 0.05) is 12.0 Å². The molecule has 41 heavy (non-hydrogen) atoms. The molecule has 0 bridgehead atoms. The summed E-state index contributed by atoms with van der Waals surface area (Å²) < 4.78 is 44.9. The molecule has 0 spiro atoms. The molecule has 3 heterocycles. The van der Waals surface area contributed by atoms with Crippen LogP contribution in [0.2, 0.25) is 18.1 Å². The second kappa shape index (κ2) is 14.0. The largest absolute Gasteiger partial charge is 0.410 e. The molecule has 11 nitrogen and oxygen atoms in total. The van der Waals surface area contributed by atoms with Crippen LogP contribution in [0.4, 0.5) is 0 Å². The normalized spacial score (nSPS) is 40.4. The summed E-state index contributed by atoms with van der Waals surface area (Å²) in [6, 6.07) is 3.69. The second-order valence-corrected chi connectivity index (χ2v) is 21.7. The molecule has 3 rings (SSSR count). The van der Waals surface area contributed by atoms with Crippen molar-refractivity contribution in [1.82, 2.24) is 10.2 Å². The van der Waals surface area contributed by atoms with Crippen LogP contribution in [0.25, 0.3) is 0 Å². The molecule has 234 valence electrons. The number of nitriles is 2. The molecular weight excluding hydrogens is 582 g/mol. The van der Waals surface area contributed by atoms with E-state index in [1.54, 1.807) is 0 Å². The number of hydrogen-bond acceptors (Lipinski definition) is 11. The first kappa shape index (κ1) is 34.9. The highest BCUT2D eigenvalue weighted by atomic mass is 31.2. The SMILES string of the molecule is C=P1(OCCC#N)N[C@@H]2C(C)[C@H](C)O[C@@H]2COP(=C)(OCCC#N)N[C@@H]2C(O[Si](C)(C)C(C)(C)C)[C@H](C)O[C@@H]2CO1. The Morgan fingerprint density at radius 1 is 0.854 bits per heavy atom. The van der Waals surface area contributed by atoms with Crippen LogP contribution in [0.1, 0.15) is 54.4 Å². The molecule has 2 N–H and O–H groups in total. The van der Waals surface area contributed by atoms with Gasteiger partial charge in [-0.3, -0.25) is 0 Å². The van der Waals surface area contributed by atoms with Gasteiger partial charge in [-0.2, -0.15) is 10.5 Å². The van der Waals surface area contributed by atoms with Gasteiger partial charge in [-0.15, -0.1) is 0 Å². The van der Waals surface area contributed by atoms with E-state index in [1.807, 2.05) is 13.8 Å². The minimum atomic E-state index is -2.96. The molecule has 0 aliphatic carbocycles. The highest BCUT2D eigenvalue weighted by Crippen LogP contribution is 2.51. The fourth-order valence-corrected chi connectivity index (χ4v) is 9.92. The van der Waals surface area contributed by atoms with Crippen LogP contribution in [0.3, 0.4) is 0 Å². The molecular formula is C27H50N4O7P2Si. The summed E-state index contributed by atoms with van der Waals surface area (Å²) >= 11 is 0. The number of ether oxygens (including phenoxy) is 2. The molecule has 0 radical (unpaired) electrons. The van der Waals surface area contributed by atoms with Gasteiger partial charge in [-0.05, 0) is 44.6 Å². The first-order valence-corrected chi connectivity index (χ1v) is 20.9. The lowest BCUT2D eigenvalue weighted by molar-refractivity contribution is 0.00219. The van der Waals surface area contributed by atoms with Gasteiger partial charge in [0.25, 0.3) is 0 Å². The van der Waals surface area contributed by atoms with Crippen molar-refractivity contribution in [2.24, 2.45) is 5.92 Å². The van der Waals surface area contributed by atoms with Crippen molar-refractivity contribution in [3.8, 4) is 12.1 Å².